The molecule has 1 aromatic carbocycles. The van der Waals surface area contributed by atoms with Crippen LogP contribution >= 0.6 is 15.9 Å². The zero-order valence-corrected chi connectivity index (χ0v) is 9.93. The summed E-state index contributed by atoms with van der Waals surface area (Å²) in [5.41, 5.74) is 4.76. The number of hydrogen-bond acceptors (Lipinski definition) is 2. The SMILES string of the molecule is Nc1n[nH]c(C(F)(F)F)c1-c1cccc(Br)c1. The van der Waals surface area contributed by atoms with Crippen LogP contribution in [0.25, 0.3) is 11.1 Å². The molecule has 0 aliphatic rings. The molecule has 17 heavy (non-hydrogen) atoms. The first-order valence-electron chi connectivity index (χ1n) is 4.56. The topological polar surface area (TPSA) is 54.7 Å². The fourth-order valence-corrected chi connectivity index (χ4v) is 1.90. The van der Waals surface area contributed by atoms with E-state index in [-0.39, 0.29) is 11.4 Å². The Morgan fingerprint density at radius 3 is 2.59 bits per heavy atom. The third-order valence-electron chi connectivity index (χ3n) is 2.19. The van der Waals surface area contributed by atoms with Gasteiger partial charge >= 0.3 is 6.18 Å². The van der Waals surface area contributed by atoms with E-state index in [0.29, 0.717) is 10.0 Å². The van der Waals surface area contributed by atoms with Crippen molar-refractivity contribution in [3.05, 3.63) is 34.4 Å². The van der Waals surface area contributed by atoms with E-state index in [9.17, 15) is 13.2 Å². The van der Waals surface area contributed by atoms with Crippen LogP contribution in [-0.4, -0.2) is 10.2 Å². The Kier molecular flexibility index (Phi) is 2.86. The summed E-state index contributed by atoms with van der Waals surface area (Å²) in [6.07, 6.45) is -4.51. The van der Waals surface area contributed by atoms with Crippen LogP contribution in [0.15, 0.2) is 28.7 Å². The zero-order chi connectivity index (χ0) is 12.6. The van der Waals surface area contributed by atoms with Gasteiger partial charge in [0.15, 0.2) is 5.82 Å². The molecule has 3 N–H and O–H groups in total. The van der Waals surface area contributed by atoms with Gasteiger partial charge in [0.2, 0.25) is 0 Å². The van der Waals surface area contributed by atoms with Gasteiger partial charge in [-0.3, -0.25) is 5.10 Å². The van der Waals surface area contributed by atoms with Gasteiger partial charge in [0.25, 0.3) is 0 Å². The summed E-state index contributed by atoms with van der Waals surface area (Å²) in [5.74, 6) is -0.171. The van der Waals surface area contributed by atoms with Gasteiger partial charge in [-0.25, -0.2) is 0 Å². The van der Waals surface area contributed by atoms with Gasteiger partial charge in [-0.15, -0.1) is 0 Å². The van der Waals surface area contributed by atoms with E-state index in [1.165, 1.54) is 0 Å². The molecule has 0 unspecified atom stereocenters. The Morgan fingerprint density at radius 1 is 1.29 bits per heavy atom. The maximum Gasteiger partial charge on any atom is 0.433 e. The monoisotopic (exact) mass is 305 g/mol. The number of nitrogens with zero attached hydrogens (tertiary/aromatic N) is 1. The lowest BCUT2D eigenvalue weighted by molar-refractivity contribution is -0.140. The van der Waals surface area contributed by atoms with Crippen LogP contribution in [0.2, 0.25) is 0 Å². The van der Waals surface area contributed by atoms with E-state index >= 15 is 0 Å². The first kappa shape index (κ1) is 12.0. The van der Waals surface area contributed by atoms with Crippen molar-refractivity contribution in [3.8, 4) is 11.1 Å². The lowest BCUT2D eigenvalue weighted by Crippen LogP contribution is -2.07. The van der Waals surface area contributed by atoms with Crippen molar-refractivity contribution in [2.75, 3.05) is 5.73 Å². The van der Waals surface area contributed by atoms with Crippen molar-refractivity contribution in [1.29, 1.82) is 0 Å². The number of H-pyrrole nitrogens is 1. The largest absolute Gasteiger partial charge is 0.433 e. The molecule has 0 radical (unpaired) electrons. The highest BCUT2D eigenvalue weighted by Gasteiger charge is 2.37. The van der Waals surface area contributed by atoms with Crippen LogP contribution in [0.3, 0.4) is 0 Å². The fraction of sp³-hybridized carbons (Fsp3) is 0.100. The van der Waals surface area contributed by atoms with E-state index < -0.39 is 11.9 Å². The Hall–Kier alpha value is -1.50. The third-order valence-corrected chi connectivity index (χ3v) is 2.68. The second-order valence-corrected chi connectivity index (χ2v) is 4.28. The smallest absolute Gasteiger partial charge is 0.382 e. The maximum atomic E-state index is 12.7. The molecule has 0 aliphatic heterocycles. The molecule has 90 valence electrons. The Balaban J connectivity index is 2.63. The number of rotatable bonds is 1. The number of benzene rings is 1. The number of halogens is 4. The van der Waals surface area contributed by atoms with Crippen LogP contribution in [-0.2, 0) is 6.18 Å². The fourth-order valence-electron chi connectivity index (χ4n) is 1.50. The summed E-state index contributed by atoms with van der Waals surface area (Å²) < 4.78 is 38.8. The number of alkyl halides is 3. The van der Waals surface area contributed by atoms with Crippen LogP contribution in [0.4, 0.5) is 19.0 Å². The van der Waals surface area contributed by atoms with E-state index in [2.05, 4.69) is 21.0 Å². The first-order chi connectivity index (χ1) is 7.89. The number of nitrogen functional groups attached to an aromatic ring is 1. The number of aromatic amines is 1. The van der Waals surface area contributed by atoms with Gasteiger partial charge in [-0.1, -0.05) is 28.1 Å². The quantitative estimate of drug-likeness (QED) is 0.848. The highest BCUT2D eigenvalue weighted by atomic mass is 79.9. The predicted molar refractivity (Wildman–Crippen MR) is 61.1 cm³/mol. The molecule has 0 saturated carbocycles. The van der Waals surface area contributed by atoms with Gasteiger partial charge < -0.3 is 5.73 Å². The average molecular weight is 306 g/mol. The molecule has 1 aromatic heterocycles. The van der Waals surface area contributed by atoms with Crippen molar-refractivity contribution >= 4 is 21.7 Å². The molecule has 0 bridgehead atoms. The second kappa shape index (κ2) is 4.06. The third kappa shape index (κ3) is 2.28. The summed E-state index contributed by atoms with van der Waals surface area (Å²) in [4.78, 5) is 0. The van der Waals surface area contributed by atoms with Crippen LogP contribution in [0.1, 0.15) is 5.69 Å². The van der Waals surface area contributed by atoms with Gasteiger partial charge in [0, 0.05) is 4.47 Å². The molecule has 0 atom stereocenters. The predicted octanol–water partition coefficient (Wildman–Crippen LogP) is 3.44. The lowest BCUT2D eigenvalue weighted by Gasteiger charge is -2.07. The molecular formula is C10H7BrF3N3. The summed E-state index contributed by atoms with van der Waals surface area (Å²) in [6.45, 7) is 0. The summed E-state index contributed by atoms with van der Waals surface area (Å²) in [6, 6.07) is 6.44. The molecule has 7 heteroatoms. The molecule has 0 amide bonds. The van der Waals surface area contributed by atoms with Crippen molar-refractivity contribution in [1.82, 2.24) is 10.2 Å². The number of nitrogens with one attached hydrogen (secondary N) is 1. The summed E-state index contributed by atoms with van der Waals surface area (Å²) in [5, 5.41) is 5.32. The van der Waals surface area contributed by atoms with Gasteiger partial charge in [0.05, 0.1) is 5.56 Å². The normalized spacial score (nSPS) is 11.8. The molecule has 0 aliphatic carbocycles. The molecule has 0 spiro atoms. The molecule has 3 nitrogen and oxygen atoms in total. The number of anilines is 1. The van der Waals surface area contributed by atoms with Crippen molar-refractivity contribution < 1.29 is 13.2 Å². The van der Waals surface area contributed by atoms with E-state index in [1.807, 2.05) is 5.10 Å². The summed E-state index contributed by atoms with van der Waals surface area (Å²) >= 11 is 3.19. The van der Waals surface area contributed by atoms with Crippen LogP contribution in [0.5, 0.6) is 0 Å². The van der Waals surface area contributed by atoms with E-state index in [0.717, 1.165) is 0 Å². The number of aromatic nitrogens is 2. The van der Waals surface area contributed by atoms with Crippen molar-refractivity contribution in [2.45, 2.75) is 6.18 Å². The Bertz CT molecular complexity index is 548. The molecular weight excluding hydrogens is 299 g/mol. The maximum absolute atomic E-state index is 12.7. The Labute approximate surface area is 103 Å². The molecule has 2 rings (SSSR count). The molecule has 0 saturated heterocycles. The van der Waals surface area contributed by atoms with Gasteiger partial charge in [-0.05, 0) is 17.7 Å². The first-order valence-corrected chi connectivity index (χ1v) is 5.36. The Morgan fingerprint density at radius 2 is 2.00 bits per heavy atom. The number of hydrogen-bond donors (Lipinski definition) is 2. The van der Waals surface area contributed by atoms with Gasteiger partial charge in [-0.2, -0.15) is 18.3 Å². The van der Waals surface area contributed by atoms with Crippen LogP contribution < -0.4 is 5.73 Å². The average Bonchev–Trinajstić information content (AvgIpc) is 2.59. The highest BCUT2D eigenvalue weighted by Crippen LogP contribution is 2.38. The lowest BCUT2D eigenvalue weighted by atomic mass is 10.1. The van der Waals surface area contributed by atoms with Crippen molar-refractivity contribution in [3.63, 3.8) is 0 Å². The van der Waals surface area contributed by atoms with Crippen molar-refractivity contribution in [2.24, 2.45) is 0 Å². The van der Waals surface area contributed by atoms with E-state index in [1.54, 1.807) is 24.3 Å². The molecule has 1 heterocycles. The van der Waals surface area contributed by atoms with Crippen LogP contribution in [0, 0.1) is 0 Å². The minimum absolute atomic E-state index is 0.126. The van der Waals surface area contributed by atoms with E-state index in [4.69, 9.17) is 5.73 Å². The molecule has 0 fully saturated rings. The highest BCUT2D eigenvalue weighted by molar-refractivity contribution is 9.10. The minimum atomic E-state index is -4.51. The number of nitrogens with two attached hydrogens (primary N) is 1. The van der Waals surface area contributed by atoms with Gasteiger partial charge in [0.1, 0.15) is 5.69 Å². The second-order valence-electron chi connectivity index (χ2n) is 3.37. The minimum Gasteiger partial charge on any atom is -0.382 e. The molecule has 2 aromatic rings. The standard InChI is InChI=1S/C10H7BrF3N3/c11-6-3-1-2-5(4-6)7-8(10(12,13)14)16-17-9(7)15/h1-4H,(H3,15,16,17). The summed E-state index contributed by atoms with van der Waals surface area (Å²) in [7, 11) is 0. The zero-order valence-electron chi connectivity index (χ0n) is 8.35.